The Morgan fingerprint density at radius 1 is 1.45 bits per heavy atom. The Balaban J connectivity index is 2.65. The van der Waals surface area contributed by atoms with Gasteiger partial charge in [0.15, 0.2) is 0 Å². The Labute approximate surface area is 122 Å². The van der Waals surface area contributed by atoms with Crippen LogP contribution in [0.15, 0.2) is 12.2 Å². The summed E-state index contributed by atoms with van der Waals surface area (Å²) in [6, 6.07) is 2.67. The molecule has 5 heteroatoms. The van der Waals surface area contributed by atoms with E-state index < -0.39 is 0 Å². The molecule has 0 saturated carbocycles. The van der Waals surface area contributed by atoms with Crippen LogP contribution >= 0.6 is 0 Å². The van der Waals surface area contributed by atoms with Gasteiger partial charge in [0.2, 0.25) is 5.91 Å². The minimum atomic E-state index is 0.00709. The van der Waals surface area contributed by atoms with Crippen LogP contribution in [0.3, 0.4) is 0 Å². The molecule has 1 heterocycles. The van der Waals surface area contributed by atoms with Crippen LogP contribution in [0.25, 0.3) is 0 Å². The van der Waals surface area contributed by atoms with E-state index in [4.69, 9.17) is 5.26 Å². The van der Waals surface area contributed by atoms with E-state index in [1.54, 1.807) is 6.08 Å². The molecule has 0 radical (unpaired) electrons. The first-order valence-electron chi connectivity index (χ1n) is 7.18. The minimum absolute atomic E-state index is 0.00709. The Kier molecular flexibility index (Phi) is 6.69. The number of nitrogens with zero attached hydrogens (tertiary/aromatic N) is 4. The zero-order valence-corrected chi connectivity index (χ0v) is 13.0. The van der Waals surface area contributed by atoms with Gasteiger partial charge in [0.05, 0.1) is 18.5 Å². The second-order valence-electron chi connectivity index (χ2n) is 5.80. The van der Waals surface area contributed by atoms with Crippen LogP contribution in [0.4, 0.5) is 0 Å². The van der Waals surface area contributed by atoms with Crippen LogP contribution in [0.1, 0.15) is 20.3 Å². The fourth-order valence-electron chi connectivity index (χ4n) is 2.38. The zero-order chi connectivity index (χ0) is 15.1. The smallest absolute Gasteiger partial charge is 0.246 e. The van der Waals surface area contributed by atoms with Crippen molar-refractivity contribution >= 4 is 5.91 Å². The van der Waals surface area contributed by atoms with Crippen molar-refractivity contribution in [2.45, 2.75) is 32.4 Å². The third-order valence-corrected chi connectivity index (χ3v) is 3.59. The Morgan fingerprint density at radius 3 is 2.70 bits per heavy atom. The molecule has 20 heavy (non-hydrogen) atoms. The zero-order valence-electron chi connectivity index (χ0n) is 13.0. The summed E-state index contributed by atoms with van der Waals surface area (Å²) in [6.07, 6.45) is 3.91. The normalized spacial score (nSPS) is 20.9. The molecule has 0 aromatic carbocycles. The van der Waals surface area contributed by atoms with E-state index in [1.807, 2.05) is 30.0 Å². The quantitative estimate of drug-likeness (QED) is 0.702. The maximum atomic E-state index is 12.2. The summed E-state index contributed by atoms with van der Waals surface area (Å²) in [7, 11) is 3.93. The van der Waals surface area contributed by atoms with Crippen molar-refractivity contribution in [3.8, 4) is 6.07 Å². The maximum absolute atomic E-state index is 12.2. The van der Waals surface area contributed by atoms with E-state index in [1.165, 1.54) is 0 Å². The van der Waals surface area contributed by atoms with Crippen LogP contribution in [0.2, 0.25) is 0 Å². The van der Waals surface area contributed by atoms with E-state index in [0.717, 1.165) is 19.6 Å². The molecule has 1 aliphatic heterocycles. The van der Waals surface area contributed by atoms with E-state index in [-0.39, 0.29) is 11.9 Å². The van der Waals surface area contributed by atoms with Gasteiger partial charge in [-0.1, -0.05) is 6.08 Å². The fourth-order valence-corrected chi connectivity index (χ4v) is 2.38. The van der Waals surface area contributed by atoms with Gasteiger partial charge in [-0.05, 0) is 27.9 Å². The monoisotopic (exact) mass is 278 g/mol. The van der Waals surface area contributed by atoms with Gasteiger partial charge < -0.3 is 9.80 Å². The summed E-state index contributed by atoms with van der Waals surface area (Å²) >= 11 is 0. The fraction of sp³-hybridized carbons (Fsp3) is 0.733. The highest BCUT2D eigenvalue weighted by molar-refractivity contribution is 5.88. The topological polar surface area (TPSA) is 50.6 Å². The molecule has 5 nitrogen and oxygen atoms in total. The van der Waals surface area contributed by atoms with Crippen molar-refractivity contribution in [3.05, 3.63) is 12.2 Å². The molecule has 1 aliphatic rings. The summed E-state index contributed by atoms with van der Waals surface area (Å²) in [6.45, 7) is 7.43. The van der Waals surface area contributed by atoms with E-state index in [0.29, 0.717) is 19.0 Å². The lowest BCUT2D eigenvalue weighted by Crippen LogP contribution is -2.56. The van der Waals surface area contributed by atoms with E-state index >= 15 is 0 Å². The highest BCUT2D eigenvalue weighted by Crippen LogP contribution is 2.15. The molecule has 0 aliphatic carbocycles. The van der Waals surface area contributed by atoms with Crippen LogP contribution in [-0.2, 0) is 4.79 Å². The largest absolute Gasteiger partial charge is 0.333 e. The lowest BCUT2D eigenvalue weighted by atomic mass is 10.1. The number of nitriles is 1. The number of likely N-dealkylation sites (N-methyl/N-ethyl adjacent to an activating group) is 1. The SMILES string of the molecule is CC(C)N1CCN(C(=O)/C=C/CN(C)C)[C@H](CC#N)C1. The molecule has 0 spiro atoms. The molecule has 0 bridgehead atoms. The van der Waals surface area contributed by atoms with E-state index in [2.05, 4.69) is 24.8 Å². The van der Waals surface area contributed by atoms with Crippen molar-refractivity contribution in [3.63, 3.8) is 0 Å². The van der Waals surface area contributed by atoms with Crippen molar-refractivity contribution in [1.29, 1.82) is 5.26 Å². The van der Waals surface area contributed by atoms with Crippen LogP contribution < -0.4 is 0 Å². The Hall–Kier alpha value is -1.38. The molecule has 0 unspecified atom stereocenters. The first-order chi connectivity index (χ1) is 9.45. The molecule has 0 aromatic heterocycles. The molecule has 1 amide bonds. The third-order valence-electron chi connectivity index (χ3n) is 3.59. The van der Waals surface area contributed by atoms with Gasteiger partial charge in [0, 0.05) is 38.3 Å². The first kappa shape index (κ1) is 16.7. The van der Waals surface area contributed by atoms with Gasteiger partial charge in [0.25, 0.3) is 0 Å². The van der Waals surface area contributed by atoms with Gasteiger partial charge in [-0.3, -0.25) is 9.69 Å². The number of amides is 1. The van der Waals surface area contributed by atoms with Crippen molar-refractivity contribution in [1.82, 2.24) is 14.7 Å². The Morgan fingerprint density at radius 2 is 2.15 bits per heavy atom. The van der Waals surface area contributed by atoms with Crippen molar-refractivity contribution < 1.29 is 4.79 Å². The summed E-state index contributed by atoms with van der Waals surface area (Å²) in [5.74, 6) is 0.0236. The molecule has 1 saturated heterocycles. The summed E-state index contributed by atoms with van der Waals surface area (Å²) in [5.41, 5.74) is 0. The van der Waals surface area contributed by atoms with E-state index in [9.17, 15) is 4.79 Å². The second kappa shape index (κ2) is 8.03. The average Bonchev–Trinajstić information content (AvgIpc) is 2.38. The lowest BCUT2D eigenvalue weighted by molar-refractivity contribution is -0.131. The number of carbonyl (C=O) groups excluding carboxylic acids is 1. The lowest BCUT2D eigenvalue weighted by Gasteiger charge is -2.42. The van der Waals surface area contributed by atoms with Gasteiger partial charge in [-0.15, -0.1) is 0 Å². The summed E-state index contributed by atoms with van der Waals surface area (Å²) < 4.78 is 0. The predicted octanol–water partition coefficient (Wildman–Crippen LogP) is 0.939. The third kappa shape index (κ3) is 4.95. The highest BCUT2D eigenvalue weighted by atomic mass is 16.2. The molecule has 1 atom stereocenters. The number of carbonyl (C=O) groups is 1. The number of rotatable bonds is 5. The standard InChI is InChI=1S/C15H26N4O/c1-13(2)18-10-11-19(14(12-18)7-8-16)15(20)6-5-9-17(3)4/h5-6,13-14H,7,9-12H2,1-4H3/b6-5+/t14-/m1/s1. The van der Waals surface area contributed by atoms with Crippen molar-refractivity contribution in [2.24, 2.45) is 0 Å². The molecule has 0 N–H and O–H groups in total. The molecule has 112 valence electrons. The molecule has 1 fully saturated rings. The molecular formula is C15H26N4O. The van der Waals surface area contributed by atoms with Gasteiger partial charge in [-0.25, -0.2) is 0 Å². The molecular weight excluding hydrogens is 252 g/mol. The number of hydrogen-bond acceptors (Lipinski definition) is 4. The minimum Gasteiger partial charge on any atom is -0.333 e. The maximum Gasteiger partial charge on any atom is 0.246 e. The first-order valence-corrected chi connectivity index (χ1v) is 7.18. The summed E-state index contributed by atoms with van der Waals surface area (Å²) in [5, 5.41) is 8.96. The number of piperazine rings is 1. The molecule has 0 aromatic rings. The van der Waals surface area contributed by atoms with Gasteiger partial charge in [0.1, 0.15) is 0 Å². The van der Waals surface area contributed by atoms with Crippen molar-refractivity contribution in [2.75, 3.05) is 40.3 Å². The molecule has 1 rings (SSSR count). The van der Waals surface area contributed by atoms with Crippen LogP contribution in [0, 0.1) is 11.3 Å². The van der Waals surface area contributed by atoms with Gasteiger partial charge >= 0.3 is 0 Å². The average molecular weight is 278 g/mol. The van der Waals surface area contributed by atoms with Crippen LogP contribution in [-0.4, -0.2) is 73.0 Å². The highest BCUT2D eigenvalue weighted by Gasteiger charge is 2.30. The summed E-state index contributed by atoms with van der Waals surface area (Å²) in [4.78, 5) is 18.4. The Bertz CT molecular complexity index is 384. The van der Waals surface area contributed by atoms with Crippen LogP contribution in [0.5, 0.6) is 0 Å². The predicted molar refractivity (Wildman–Crippen MR) is 80.1 cm³/mol. The number of hydrogen-bond donors (Lipinski definition) is 0. The van der Waals surface area contributed by atoms with Gasteiger partial charge in [-0.2, -0.15) is 5.26 Å². The second-order valence-corrected chi connectivity index (χ2v) is 5.80.